The van der Waals surface area contributed by atoms with Crippen molar-refractivity contribution >= 4 is 5.91 Å². The van der Waals surface area contributed by atoms with E-state index in [4.69, 9.17) is 4.74 Å². The fourth-order valence-electron chi connectivity index (χ4n) is 3.73. The second-order valence-corrected chi connectivity index (χ2v) is 7.48. The minimum absolute atomic E-state index is 0.0989. The first-order valence-electron chi connectivity index (χ1n) is 9.84. The second kappa shape index (κ2) is 9.56. The lowest BCUT2D eigenvalue weighted by molar-refractivity contribution is -0.136. The maximum atomic E-state index is 12.9. The average Bonchev–Trinajstić information content (AvgIpc) is 2.73. The fourth-order valence-corrected chi connectivity index (χ4v) is 3.73. The zero-order valence-electron chi connectivity index (χ0n) is 16.4. The van der Waals surface area contributed by atoms with Crippen LogP contribution in [0.15, 0.2) is 60.7 Å². The standard InChI is InChI=1S/C23H30N2O2/c1-19(23(26)24(2)16-20-10-5-3-6-11-20)25-15-9-12-21(17-25)18-27-22-13-7-4-8-14-22/h3-8,10-11,13-14,19,21H,9,12,15-18H2,1-2H3. The highest BCUT2D eigenvalue weighted by molar-refractivity contribution is 5.81. The zero-order chi connectivity index (χ0) is 19.1. The first kappa shape index (κ1) is 19.4. The van der Waals surface area contributed by atoms with Crippen LogP contribution in [0.5, 0.6) is 5.75 Å². The predicted molar refractivity (Wildman–Crippen MR) is 109 cm³/mol. The number of nitrogens with zero attached hydrogens (tertiary/aromatic N) is 2. The number of carbonyl (C=O) groups excluding carboxylic acids is 1. The average molecular weight is 367 g/mol. The van der Waals surface area contributed by atoms with Crippen LogP contribution in [-0.2, 0) is 11.3 Å². The number of benzene rings is 2. The Kier molecular flexibility index (Phi) is 6.88. The van der Waals surface area contributed by atoms with E-state index in [2.05, 4.69) is 17.0 Å². The van der Waals surface area contributed by atoms with Gasteiger partial charge in [0.15, 0.2) is 0 Å². The molecule has 0 saturated carbocycles. The lowest BCUT2D eigenvalue weighted by atomic mass is 9.97. The van der Waals surface area contributed by atoms with E-state index in [1.54, 1.807) is 0 Å². The Morgan fingerprint density at radius 1 is 1.15 bits per heavy atom. The van der Waals surface area contributed by atoms with E-state index < -0.39 is 0 Å². The molecule has 4 nitrogen and oxygen atoms in total. The van der Waals surface area contributed by atoms with Crippen molar-refractivity contribution in [2.45, 2.75) is 32.4 Å². The van der Waals surface area contributed by atoms with E-state index in [-0.39, 0.29) is 11.9 Å². The number of hydrogen-bond donors (Lipinski definition) is 0. The number of likely N-dealkylation sites (tertiary alicyclic amines) is 1. The zero-order valence-corrected chi connectivity index (χ0v) is 16.4. The van der Waals surface area contributed by atoms with Gasteiger partial charge >= 0.3 is 0 Å². The lowest BCUT2D eigenvalue weighted by Crippen LogP contribution is -2.50. The van der Waals surface area contributed by atoms with Crippen LogP contribution in [0, 0.1) is 5.92 Å². The van der Waals surface area contributed by atoms with Gasteiger partial charge in [-0.2, -0.15) is 0 Å². The maximum absolute atomic E-state index is 12.9. The van der Waals surface area contributed by atoms with Crippen LogP contribution in [0.25, 0.3) is 0 Å². The molecule has 2 atom stereocenters. The predicted octanol–water partition coefficient (Wildman–Crippen LogP) is 3.82. The van der Waals surface area contributed by atoms with Crippen molar-refractivity contribution < 1.29 is 9.53 Å². The Balaban J connectivity index is 1.51. The normalized spacial score (nSPS) is 18.7. The molecule has 27 heavy (non-hydrogen) atoms. The third kappa shape index (κ3) is 5.57. The summed E-state index contributed by atoms with van der Waals surface area (Å²) in [7, 11) is 1.89. The topological polar surface area (TPSA) is 32.8 Å². The number of ether oxygens (including phenoxy) is 1. The molecular weight excluding hydrogens is 336 g/mol. The Labute approximate surface area is 162 Å². The third-order valence-electron chi connectivity index (χ3n) is 5.32. The van der Waals surface area contributed by atoms with Crippen LogP contribution >= 0.6 is 0 Å². The molecule has 144 valence electrons. The summed E-state index contributed by atoms with van der Waals surface area (Å²) in [5, 5.41) is 0. The molecule has 3 rings (SSSR count). The van der Waals surface area contributed by atoms with E-state index in [1.165, 1.54) is 0 Å². The van der Waals surface area contributed by atoms with Crippen LogP contribution < -0.4 is 4.74 Å². The summed E-state index contributed by atoms with van der Waals surface area (Å²) in [6.07, 6.45) is 2.27. The third-order valence-corrected chi connectivity index (χ3v) is 5.32. The second-order valence-electron chi connectivity index (χ2n) is 7.48. The molecule has 0 aromatic heterocycles. The first-order chi connectivity index (χ1) is 13.1. The number of hydrogen-bond acceptors (Lipinski definition) is 3. The number of piperidine rings is 1. The van der Waals surface area contributed by atoms with Gasteiger partial charge in [0.25, 0.3) is 0 Å². The van der Waals surface area contributed by atoms with Crippen molar-refractivity contribution in [1.82, 2.24) is 9.80 Å². The molecule has 4 heteroatoms. The van der Waals surface area contributed by atoms with Gasteiger partial charge < -0.3 is 9.64 Å². The first-order valence-corrected chi connectivity index (χ1v) is 9.84. The molecule has 1 fully saturated rings. The Morgan fingerprint density at radius 3 is 2.52 bits per heavy atom. The van der Waals surface area contributed by atoms with Crippen molar-refractivity contribution in [3.05, 3.63) is 66.2 Å². The number of carbonyl (C=O) groups is 1. The lowest BCUT2D eigenvalue weighted by Gasteiger charge is -2.37. The minimum Gasteiger partial charge on any atom is -0.493 e. The van der Waals surface area contributed by atoms with Gasteiger partial charge in [-0.1, -0.05) is 48.5 Å². The molecule has 0 bridgehead atoms. The van der Waals surface area contributed by atoms with Gasteiger partial charge in [0.05, 0.1) is 12.6 Å². The van der Waals surface area contributed by atoms with E-state index >= 15 is 0 Å². The molecule has 2 aromatic rings. The van der Waals surface area contributed by atoms with E-state index in [0.717, 1.165) is 37.2 Å². The van der Waals surface area contributed by atoms with Crippen molar-refractivity contribution in [1.29, 1.82) is 0 Å². The largest absolute Gasteiger partial charge is 0.493 e. The Bertz CT molecular complexity index is 705. The fraction of sp³-hybridized carbons (Fsp3) is 0.435. The van der Waals surface area contributed by atoms with Crippen LogP contribution in [0.3, 0.4) is 0 Å². The maximum Gasteiger partial charge on any atom is 0.239 e. The molecule has 1 aliphatic rings. The van der Waals surface area contributed by atoms with Crippen molar-refractivity contribution in [3.8, 4) is 5.75 Å². The molecule has 0 radical (unpaired) electrons. The number of amides is 1. The summed E-state index contributed by atoms with van der Waals surface area (Å²) in [4.78, 5) is 17.0. The van der Waals surface area contributed by atoms with E-state index in [0.29, 0.717) is 19.1 Å². The van der Waals surface area contributed by atoms with Gasteiger partial charge in [0.2, 0.25) is 5.91 Å². The summed E-state index contributed by atoms with van der Waals surface area (Å²) >= 11 is 0. The molecular formula is C23H30N2O2. The highest BCUT2D eigenvalue weighted by Gasteiger charge is 2.29. The Morgan fingerprint density at radius 2 is 1.81 bits per heavy atom. The van der Waals surface area contributed by atoms with Crippen LogP contribution in [0.2, 0.25) is 0 Å². The number of likely N-dealkylation sites (N-methyl/N-ethyl adjacent to an activating group) is 1. The molecule has 2 unspecified atom stereocenters. The van der Waals surface area contributed by atoms with Crippen molar-refractivity contribution in [3.63, 3.8) is 0 Å². The van der Waals surface area contributed by atoms with Gasteiger partial charge in [-0.3, -0.25) is 9.69 Å². The molecule has 0 N–H and O–H groups in total. The number of para-hydroxylation sites is 1. The molecule has 0 spiro atoms. The van der Waals surface area contributed by atoms with Crippen LogP contribution in [0.4, 0.5) is 0 Å². The van der Waals surface area contributed by atoms with Crippen molar-refractivity contribution in [2.75, 3.05) is 26.7 Å². The summed E-state index contributed by atoms with van der Waals surface area (Å²) in [5.74, 6) is 1.57. The molecule has 1 heterocycles. The van der Waals surface area contributed by atoms with Crippen molar-refractivity contribution in [2.24, 2.45) is 5.92 Å². The van der Waals surface area contributed by atoms with Gasteiger partial charge in [0.1, 0.15) is 5.75 Å². The summed E-state index contributed by atoms with van der Waals surface area (Å²) in [6.45, 7) is 5.29. The Hall–Kier alpha value is -2.33. The minimum atomic E-state index is -0.0989. The summed E-state index contributed by atoms with van der Waals surface area (Å²) < 4.78 is 5.94. The SMILES string of the molecule is CC(C(=O)N(C)Cc1ccccc1)N1CCCC(COc2ccccc2)C1. The molecule has 1 aliphatic heterocycles. The van der Waals surface area contributed by atoms with Gasteiger partial charge in [-0.15, -0.1) is 0 Å². The number of rotatable bonds is 7. The van der Waals surface area contributed by atoms with Crippen LogP contribution in [0.1, 0.15) is 25.3 Å². The molecule has 1 saturated heterocycles. The van der Waals surface area contributed by atoms with Gasteiger partial charge in [-0.05, 0) is 44.0 Å². The monoisotopic (exact) mass is 366 g/mol. The molecule has 2 aromatic carbocycles. The van der Waals surface area contributed by atoms with Gasteiger partial charge in [0, 0.05) is 26.1 Å². The quantitative estimate of drug-likeness (QED) is 0.747. The highest BCUT2D eigenvalue weighted by atomic mass is 16.5. The summed E-state index contributed by atoms with van der Waals surface area (Å²) in [6, 6.07) is 20.0. The van der Waals surface area contributed by atoms with E-state index in [1.807, 2.05) is 67.4 Å². The molecule has 0 aliphatic carbocycles. The molecule has 1 amide bonds. The van der Waals surface area contributed by atoms with E-state index in [9.17, 15) is 4.79 Å². The van der Waals surface area contributed by atoms with Gasteiger partial charge in [-0.25, -0.2) is 0 Å². The highest BCUT2D eigenvalue weighted by Crippen LogP contribution is 2.21. The smallest absolute Gasteiger partial charge is 0.239 e. The summed E-state index contributed by atoms with van der Waals surface area (Å²) in [5.41, 5.74) is 1.16. The van der Waals surface area contributed by atoms with Crippen LogP contribution in [-0.4, -0.2) is 48.5 Å².